The van der Waals surface area contributed by atoms with E-state index in [4.69, 9.17) is 16.6 Å². The molecule has 0 aliphatic rings. The van der Waals surface area contributed by atoms with E-state index in [2.05, 4.69) is 10.6 Å². The second kappa shape index (κ2) is 9.99. The summed E-state index contributed by atoms with van der Waals surface area (Å²) in [6.45, 7) is -0.344. The fourth-order valence-corrected chi connectivity index (χ4v) is 2.15. The fourth-order valence-electron chi connectivity index (χ4n) is 2.15. The normalized spacial score (nSPS) is 12.7. The van der Waals surface area contributed by atoms with Gasteiger partial charge in [-0.2, -0.15) is 0 Å². The molecule has 0 fully saturated rings. The van der Waals surface area contributed by atoms with Gasteiger partial charge < -0.3 is 32.3 Å². The standard InChI is InChI=1S/C16H22N4O6/c17-8-14(23)19-12(7-9-1-3-10(21)4-2-9)15(24)20-11(16(25)26)5-6-13(18)22/h1-4,11-12,21H,5-8,17H2,(H2,18,22)(H,19,23)(H,20,24)(H,25,26). The van der Waals surface area contributed by atoms with E-state index < -0.39 is 35.8 Å². The second-order valence-electron chi connectivity index (χ2n) is 5.60. The minimum Gasteiger partial charge on any atom is -0.508 e. The number of primary amides is 1. The number of hydrogen-bond donors (Lipinski definition) is 6. The van der Waals surface area contributed by atoms with Crippen molar-refractivity contribution in [3.63, 3.8) is 0 Å². The van der Waals surface area contributed by atoms with E-state index >= 15 is 0 Å². The summed E-state index contributed by atoms with van der Waals surface area (Å²) in [5.41, 5.74) is 10.9. The maximum Gasteiger partial charge on any atom is 0.326 e. The molecular formula is C16H22N4O6. The van der Waals surface area contributed by atoms with Gasteiger partial charge in [0.05, 0.1) is 6.54 Å². The van der Waals surface area contributed by atoms with Crippen molar-refractivity contribution in [3.8, 4) is 5.75 Å². The first-order valence-electron chi connectivity index (χ1n) is 7.81. The molecule has 0 radical (unpaired) electrons. The van der Waals surface area contributed by atoms with E-state index in [1.807, 2.05) is 0 Å². The molecule has 0 aromatic heterocycles. The number of aromatic hydroxyl groups is 1. The van der Waals surface area contributed by atoms with Gasteiger partial charge in [0.1, 0.15) is 17.8 Å². The number of nitrogens with one attached hydrogen (secondary N) is 2. The average molecular weight is 366 g/mol. The van der Waals surface area contributed by atoms with Crippen LogP contribution < -0.4 is 22.1 Å². The average Bonchev–Trinajstić information content (AvgIpc) is 2.58. The Morgan fingerprint density at radius 1 is 1.04 bits per heavy atom. The van der Waals surface area contributed by atoms with Crippen molar-refractivity contribution in [2.45, 2.75) is 31.3 Å². The van der Waals surface area contributed by atoms with Gasteiger partial charge in [0.25, 0.3) is 0 Å². The van der Waals surface area contributed by atoms with Gasteiger partial charge in [0, 0.05) is 12.8 Å². The Morgan fingerprint density at radius 2 is 1.65 bits per heavy atom. The second-order valence-corrected chi connectivity index (χ2v) is 5.60. The van der Waals surface area contributed by atoms with Crippen LogP contribution in [0.3, 0.4) is 0 Å². The third-order valence-corrected chi connectivity index (χ3v) is 3.51. The first-order chi connectivity index (χ1) is 12.2. The number of rotatable bonds is 10. The first kappa shape index (κ1) is 20.9. The van der Waals surface area contributed by atoms with Gasteiger partial charge in [0.15, 0.2) is 0 Å². The number of carbonyl (C=O) groups excluding carboxylic acids is 3. The van der Waals surface area contributed by atoms with E-state index in [0.29, 0.717) is 5.56 Å². The van der Waals surface area contributed by atoms with Crippen LogP contribution in [0.4, 0.5) is 0 Å². The molecule has 0 saturated carbocycles. The van der Waals surface area contributed by atoms with Crippen LogP contribution in [-0.2, 0) is 25.6 Å². The number of phenols is 1. The van der Waals surface area contributed by atoms with E-state index in [-0.39, 0.29) is 31.6 Å². The van der Waals surface area contributed by atoms with Crippen LogP contribution in [0.2, 0.25) is 0 Å². The highest BCUT2D eigenvalue weighted by molar-refractivity contribution is 5.91. The number of carboxylic acid groups (broad SMARTS) is 1. The number of carboxylic acids is 1. The Kier molecular flexibility index (Phi) is 8.03. The molecule has 0 saturated heterocycles. The van der Waals surface area contributed by atoms with Crippen LogP contribution in [-0.4, -0.2) is 52.5 Å². The van der Waals surface area contributed by atoms with E-state index in [1.54, 1.807) is 12.1 Å². The van der Waals surface area contributed by atoms with Crippen LogP contribution in [0, 0.1) is 0 Å². The zero-order valence-corrected chi connectivity index (χ0v) is 14.0. The minimum atomic E-state index is -1.33. The van der Waals surface area contributed by atoms with Crippen molar-refractivity contribution in [3.05, 3.63) is 29.8 Å². The number of aliphatic carboxylic acids is 1. The SMILES string of the molecule is NCC(=O)NC(Cc1ccc(O)cc1)C(=O)NC(CCC(N)=O)C(=O)O. The number of hydrogen-bond acceptors (Lipinski definition) is 6. The van der Waals surface area contributed by atoms with Crippen LogP contribution in [0.1, 0.15) is 18.4 Å². The van der Waals surface area contributed by atoms with Crippen molar-refractivity contribution in [1.82, 2.24) is 10.6 Å². The zero-order valence-electron chi connectivity index (χ0n) is 14.0. The highest BCUT2D eigenvalue weighted by Gasteiger charge is 2.26. The largest absolute Gasteiger partial charge is 0.508 e. The molecule has 0 heterocycles. The molecule has 3 amide bonds. The number of amides is 3. The Hall–Kier alpha value is -3.14. The van der Waals surface area contributed by atoms with Crippen LogP contribution in [0.5, 0.6) is 5.75 Å². The Morgan fingerprint density at radius 3 is 2.15 bits per heavy atom. The molecule has 2 unspecified atom stereocenters. The lowest BCUT2D eigenvalue weighted by Crippen LogP contribution is -2.53. The van der Waals surface area contributed by atoms with Crippen molar-refractivity contribution in [1.29, 1.82) is 0 Å². The zero-order chi connectivity index (χ0) is 19.7. The molecule has 0 aliphatic carbocycles. The van der Waals surface area contributed by atoms with Gasteiger partial charge in [0.2, 0.25) is 17.7 Å². The van der Waals surface area contributed by atoms with Gasteiger partial charge in [-0.3, -0.25) is 14.4 Å². The summed E-state index contributed by atoms with van der Waals surface area (Å²) in [7, 11) is 0. The molecule has 10 heteroatoms. The number of phenolic OH excluding ortho intramolecular Hbond substituents is 1. The molecule has 1 rings (SSSR count). The predicted octanol–water partition coefficient (Wildman–Crippen LogP) is -1.79. The summed E-state index contributed by atoms with van der Waals surface area (Å²) in [5.74, 6) is -3.31. The van der Waals surface area contributed by atoms with E-state index in [0.717, 1.165) is 0 Å². The number of carbonyl (C=O) groups is 4. The van der Waals surface area contributed by atoms with Crippen LogP contribution in [0.15, 0.2) is 24.3 Å². The lowest BCUT2D eigenvalue weighted by Gasteiger charge is -2.21. The Balaban J connectivity index is 2.87. The van der Waals surface area contributed by atoms with E-state index in [9.17, 15) is 24.3 Å². The summed E-state index contributed by atoms with van der Waals surface area (Å²) in [6, 6.07) is 3.56. The molecule has 1 aromatic rings. The molecule has 10 nitrogen and oxygen atoms in total. The topological polar surface area (TPSA) is 185 Å². The molecule has 142 valence electrons. The van der Waals surface area contributed by atoms with Gasteiger partial charge >= 0.3 is 5.97 Å². The van der Waals surface area contributed by atoms with Gasteiger partial charge in [-0.25, -0.2) is 4.79 Å². The van der Waals surface area contributed by atoms with Gasteiger partial charge in [-0.15, -0.1) is 0 Å². The van der Waals surface area contributed by atoms with Crippen molar-refractivity contribution >= 4 is 23.7 Å². The quantitative estimate of drug-likeness (QED) is 0.282. The summed E-state index contributed by atoms with van der Waals surface area (Å²) < 4.78 is 0. The maximum atomic E-state index is 12.4. The van der Waals surface area contributed by atoms with Gasteiger partial charge in [-0.05, 0) is 24.1 Å². The van der Waals surface area contributed by atoms with Crippen LogP contribution >= 0.6 is 0 Å². The number of nitrogens with two attached hydrogens (primary N) is 2. The molecule has 0 spiro atoms. The molecule has 1 aromatic carbocycles. The highest BCUT2D eigenvalue weighted by Crippen LogP contribution is 2.12. The van der Waals surface area contributed by atoms with Crippen molar-refractivity contribution < 1.29 is 29.4 Å². The third kappa shape index (κ3) is 7.18. The lowest BCUT2D eigenvalue weighted by molar-refractivity contribution is -0.142. The van der Waals surface area contributed by atoms with Crippen molar-refractivity contribution in [2.75, 3.05) is 6.54 Å². The molecule has 2 atom stereocenters. The highest BCUT2D eigenvalue weighted by atomic mass is 16.4. The summed E-state index contributed by atoms with van der Waals surface area (Å²) >= 11 is 0. The summed E-state index contributed by atoms with van der Waals surface area (Å²) in [5, 5.41) is 23.2. The van der Waals surface area contributed by atoms with Crippen molar-refractivity contribution in [2.24, 2.45) is 11.5 Å². The fraction of sp³-hybridized carbons (Fsp3) is 0.375. The molecule has 0 aliphatic heterocycles. The Labute approximate surface area is 149 Å². The molecule has 8 N–H and O–H groups in total. The minimum absolute atomic E-state index is 0.0399. The predicted molar refractivity (Wildman–Crippen MR) is 90.8 cm³/mol. The number of benzene rings is 1. The monoisotopic (exact) mass is 366 g/mol. The summed E-state index contributed by atoms with van der Waals surface area (Å²) in [4.78, 5) is 46.1. The first-order valence-corrected chi connectivity index (χ1v) is 7.81. The molecule has 26 heavy (non-hydrogen) atoms. The Bertz CT molecular complexity index is 661. The van der Waals surface area contributed by atoms with Gasteiger partial charge in [-0.1, -0.05) is 12.1 Å². The maximum absolute atomic E-state index is 12.4. The summed E-state index contributed by atoms with van der Waals surface area (Å²) in [6.07, 6.45) is -0.331. The third-order valence-electron chi connectivity index (χ3n) is 3.51. The smallest absolute Gasteiger partial charge is 0.326 e. The molecular weight excluding hydrogens is 344 g/mol. The van der Waals surface area contributed by atoms with E-state index in [1.165, 1.54) is 12.1 Å². The van der Waals surface area contributed by atoms with Crippen LogP contribution in [0.25, 0.3) is 0 Å². The molecule has 0 bridgehead atoms. The lowest BCUT2D eigenvalue weighted by atomic mass is 10.0.